The average Bonchev–Trinajstić information content (AvgIpc) is 2.76. The van der Waals surface area contributed by atoms with Crippen molar-refractivity contribution in [1.82, 2.24) is 0 Å². The number of aliphatic carboxylic acids is 1. The van der Waals surface area contributed by atoms with Crippen LogP contribution in [0.15, 0.2) is 0 Å². The van der Waals surface area contributed by atoms with Crippen LogP contribution in [-0.4, -0.2) is 15.9 Å². The molecular formula is C14H25BrO2. The lowest BCUT2D eigenvalue weighted by Gasteiger charge is -2.24. The third-order valence-electron chi connectivity index (χ3n) is 4.06. The van der Waals surface area contributed by atoms with Gasteiger partial charge in [-0.2, -0.15) is 0 Å². The molecule has 0 spiro atoms. The minimum Gasteiger partial charge on any atom is -0.481 e. The summed E-state index contributed by atoms with van der Waals surface area (Å²) in [7, 11) is 0. The van der Waals surface area contributed by atoms with E-state index in [1.54, 1.807) is 0 Å². The van der Waals surface area contributed by atoms with Crippen LogP contribution >= 0.6 is 15.9 Å². The second kappa shape index (κ2) is 7.40. The summed E-state index contributed by atoms with van der Waals surface area (Å²) < 4.78 is 0. The van der Waals surface area contributed by atoms with E-state index in [4.69, 9.17) is 0 Å². The number of alkyl halides is 1. The predicted octanol–water partition coefficient (Wildman–Crippen LogP) is 4.76. The second-order valence-corrected chi connectivity index (χ2v) is 6.72. The van der Waals surface area contributed by atoms with Gasteiger partial charge in [-0.25, -0.2) is 0 Å². The number of carboxylic acids is 1. The SMILES string of the molecule is CCCCC(Br)CCCC1(C(=O)O)CCCC1. The first-order valence-corrected chi connectivity index (χ1v) is 7.90. The molecule has 0 bridgehead atoms. The van der Waals surface area contributed by atoms with Crippen LogP contribution in [0.4, 0.5) is 0 Å². The van der Waals surface area contributed by atoms with Crippen LogP contribution in [-0.2, 0) is 4.79 Å². The molecule has 0 amide bonds. The lowest BCUT2D eigenvalue weighted by molar-refractivity contribution is -0.149. The number of hydrogen-bond donors (Lipinski definition) is 1. The number of hydrogen-bond acceptors (Lipinski definition) is 1. The minimum absolute atomic E-state index is 0.378. The molecule has 0 radical (unpaired) electrons. The molecule has 100 valence electrons. The van der Waals surface area contributed by atoms with Crippen molar-refractivity contribution in [2.45, 2.75) is 76.0 Å². The van der Waals surface area contributed by atoms with Crippen molar-refractivity contribution < 1.29 is 9.90 Å². The summed E-state index contributed by atoms with van der Waals surface area (Å²) >= 11 is 3.70. The largest absolute Gasteiger partial charge is 0.481 e. The molecule has 0 aliphatic heterocycles. The number of carboxylic acid groups (broad SMARTS) is 1. The molecule has 1 aliphatic rings. The number of rotatable bonds is 8. The fourth-order valence-electron chi connectivity index (χ4n) is 2.85. The Balaban J connectivity index is 2.26. The minimum atomic E-state index is -0.560. The molecule has 0 aromatic rings. The standard InChI is InChI=1S/C14H25BrO2/c1-2-3-7-12(15)8-6-11-14(13(16)17)9-4-5-10-14/h12H,2-11H2,1H3,(H,16,17). The zero-order valence-electron chi connectivity index (χ0n) is 10.9. The summed E-state index contributed by atoms with van der Waals surface area (Å²) in [4.78, 5) is 11.9. The summed E-state index contributed by atoms with van der Waals surface area (Å²) in [5, 5.41) is 9.36. The maximum absolute atomic E-state index is 11.4. The normalized spacial score (nSPS) is 20.4. The van der Waals surface area contributed by atoms with E-state index in [-0.39, 0.29) is 5.41 Å². The highest BCUT2D eigenvalue weighted by Gasteiger charge is 2.40. The van der Waals surface area contributed by atoms with Crippen LogP contribution in [0, 0.1) is 5.41 Å². The third-order valence-corrected chi connectivity index (χ3v) is 4.97. The van der Waals surface area contributed by atoms with E-state index < -0.39 is 5.97 Å². The van der Waals surface area contributed by atoms with Crippen LogP contribution in [0.5, 0.6) is 0 Å². The molecule has 0 saturated heterocycles. The van der Waals surface area contributed by atoms with Gasteiger partial charge >= 0.3 is 5.97 Å². The Morgan fingerprint density at radius 3 is 2.41 bits per heavy atom. The Bertz CT molecular complexity index is 234. The van der Waals surface area contributed by atoms with E-state index in [0.29, 0.717) is 4.83 Å². The lowest BCUT2D eigenvalue weighted by atomic mass is 9.81. The molecule has 1 unspecified atom stereocenters. The molecule has 2 nitrogen and oxygen atoms in total. The van der Waals surface area contributed by atoms with Gasteiger partial charge in [0, 0.05) is 4.83 Å². The van der Waals surface area contributed by atoms with Crippen molar-refractivity contribution >= 4 is 21.9 Å². The van der Waals surface area contributed by atoms with Crippen molar-refractivity contribution in [1.29, 1.82) is 0 Å². The molecule has 0 heterocycles. The van der Waals surface area contributed by atoms with E-state index >= 15 is 0 Å². The first-order valence-electron chi connectivity index (χ1n) is 6.98. The van der Waals surface area contributed by atoms with Gasteiger partial charge in [0.2, 0.25) is 0 Å². The zero-order chi connectivity index (χ0) is 12.7. The van der Waals surface area contributed by atoms with Crippen LogP contribution in [0.1, 0.15) is 71.1 Å². The van der Waals surface area contributed by atoms with E-state index in [0.717, 1.165) is 44.9 Å². The van der Waals surface area contributed by atoms with Crippen molar-refractivity contribution in [3.05, 3.63) is 0 Å². The molecule has 0 aromatic heterocycles. The first-order chi connectivity index (χ1) is 8.10. The van der Waals surface area contributed by atoms with Crippen molar-refractivity contribution in [3.63, 3.8) is 0 Å². The molecule has 1 rings (SSSR count). The van der Waals surface area contributed by atoms with E-state index in [1.165, 1.54) is 19.3 Å². The summed E-state index contributed by atoms with van der Waals surface area (Å²) in [6.45, 7) is 2.21. The van der Waals surface area contributed by atoms with Crippen molar-refractivity contribution in [2.75, 3.05) is 0 Å². The molecular weight excluding hydrogens is 280 g/mol. The van der Waals surface area contributed by atoms with Gasteiger partial charge in [0.05, 0.1) is 5.41 Å². The van der Waals surface area contributed by atoms with Gasteiger partial charge < -0.3 is 5.11 Å². The molecule has 1 fully saturated rings. The van der Waals surface area contributed by atoms with Gasteiger partial charge in [0.1, 0.15) is 0 Å². The Kier molecular flexibility index (Phi) is 6.53. The van der Waals surface area contributed by atoms with Crippen LogP contribution in [0.3, 0.4) is 0 Å². The quantitative estimate of drug-likeness (QED) is 0.657. The zero-order valence-corrected chi connectivity index (χ0v) is 12.5. The number of carbonyl (C=O) groups is 1. The van der Waals surface area contributed by atoms with E-state index in [2.05, 4.69) is 22.9 Å². The van der Waals surface area contributed by atoms with Gasteiger partial charge in [0.15, 0.2) is 0 Å². The van der Waals surface area contributed by atoms with Gasteiger partial charge in [-0.1, -0.05) is 55.0 Å². The van der Waals surface area contributed by atoms with Crippen LogP contribution in [0.2, 0.25) is 0 Å². The molecule has 3 heteroatoms. The molecule has 1 atom stereocenters. The van der Waals surface area contributed by atoms with Gasteiger partial charge in [-0.05, 0) is 32.1 Å². The molecule has 17 heavy (non-hydrogen) atoms. The second-order valence-electron chi connectivity index (χ2n) is 5.42. The van der Waals surface area contributed by atoms with E-state index in [1.807, 2.05) is 0 Å². The summed E-state index contributed by atoms with van der Waals surface area (Å²) in [5.41, 5.74) is -0.378. The Hall–Kier alpha value is -0.0500. The average molecular weight is 305 g/mol. The molecule has 0 aromatic carbocycles. The summed E-state index contributed by atoms with van der Waals surface area (Å²) in [6.07, 6.45) is 10.7. The van der Waals surface area contributed by atoms with Gasteiger partial charge in [0.25, 0.3) is 0 Å². The third kappa shape index (κ3) is 4.61. The first kappa shape index (κ1) is 15.0. The summed E-state index contributed by atoms with van der Waals surface area (Å²) in [5.74, 6) is -0.560. The number of unbranched alkanes of at least 4 members (excludes halogenated alkanes) is 1. The monoisotopic (exact) mass is 304 g/mol. The Morgan fingerprint density at radius 1 is 1.29 bits per heavy atom. The fraction of sp³-hybridized carbons (Fsp3) is 0.929. The summed E-state index contributed by atoms with van der Waals surface area (Å²) in [6, 6.07) is 0. The van der Waals surface area contributed by atoms with Gasteiger partial charge in [-0.3, -0.25) is 4.79 Å². The highest BCUT2D eigenvalue weighted by Crippen LogP contribution is 2.42. The van der Waals surface area contributed by atoms with Crippen LogP contribution < -0.4 is 0 Å². The van der Waals surface area contributed by atoms with Crippen molar-refractivity contribution in [2.24, 2.45) is 5.41 Å². The lowest BCUT2D eigenvalue weighted by Crippen LogP contribution is -2.27. The topological polar surface area (TPSA) is 37.3 Å². The maximum atomic E-state index is 11.4. The Morgan fingerprint density at radius 2 is 1.88 bits per heavy atom. The predicted molar refractivity (Wildman–Crippen MR) is 74.6 cm³/mol. The highest BCUT2D eigenvalue weighted by molar-refractivity contribution is 9.09. The molecule has 1 aliphatic carbocycles. The maximum Gasteiger partial charge on any atom is 0.309 e. The molecule has 1 N–H and O–H groups in total. The fourth-order valence-corrected chi connectivity index (χ4v) is 3.50. The molecule has 1 saturated carbocycles. The van der Waals surface area contributed by atoms with Gasteiger partial charge in [-0.15, -0.1) is 0 Å². The van der Waals surface area contributed by atoms with Crippen LogP contribution in [0.25, 0.3) is 0 Å². The number of halogens is 1. The van der Waals surface area contributed by atoms with E-state index in [9.17, 15) is 9.90 Å². The Labute approximate surface area is 113 Å². The highest BCUT2D eigenvalue weighted by atomic mass is 79.9. The smallest absolute Gasteiger partial charge is 0.309 e. The van der Waals surface area contributed by atoms with Crippen molar-refractivity contribution in [3.8, 4) is 0 Å².